The number of piperazine rings is 1. The van der Waals surface area contributed by atoms with E-state index in [4.69, 9.17) is 0 Å². The van der Waals surface area contributed by atoms with Crippen molar-refractivity contribution in [3.8, 4) is 0 Å². The Kier molecular flexibility index (Phi) is 8.83. The monoisotopic (exact) mass is 667 g/mol. The molecule has 2 aromatic heterocycles. The van der Waals surface area contributed by atoms with Crippen LogP contribution < -0.4 is 15.5 Å². The number of fused-ring (bicyclic) bond motifs is 1. The molecule has 0 bridgehead atoms. The SMILES string of the molecule is C[C@H]1CN(c2ccc(C(=O)N(C)C)cn2)Cc2c(C(=O)NCc3ccc(NC(=O)N4CCN(C)CC4)cc3)nn(C3(C(F)(F)F)CC3)c21. The van der Waals surface area contributed by atoms with Gasteiger partial charge in [-0.1, -0.05) is 19.1 Å². The molecule has 1 aliphatic carbocycles. The van der Waals surface area contributed by atoms with Gasteiger partial charge in [0.2, 0.25) is 0 Å². The number of pyridine rings is 1. The van der Waals surface area contributed by atoms with Crippen molar-refractivity contribution in [3.05, 3.63) is 70.7 Å². The Bertz CT molecular complexity index is 1680. The molecule has 12 nitrogen and oxygen atoms in total. The topological polar surface area (TPSA) is 119 Å². The van der Waals surface area contributed by atoms with Crippen LogP contribution in [0.15, 0.2) is 42.6 Å². The van der Waals surface area contributed by atoms with Gasteiger partial charge in [0, 0.05) is 89.0 Å². The zero-order chi connectivity index (χ0) is 34.4. The van der Waals surface area contributed by atoms with Gasteiger partial charge in [-0.2, -0.15) is 18.3 Å². The van der Waals surface area contributed by atoms with Crippen molar-refractivity contribution in [1.29, 1.82) is 0 Å². The lowest BCUT2D eigenvalue weighted by Gasteiger charge is -2.34. The molecule has 0 unspecified atom stereocenters. The summed E-state index contributed by atoms with van der Waals surface area (Å²) in [5, 5.41) is 10.1. The zero-order valence-corrected chi connectivity index (χ0v) is 27.5. The standard InChI is InChI=1S/C33H40F3N9O3/c1-21-19-44(26-10-7-23(18-37-26)30(47)41(2)3)20-25-27(40-45(28(21)25)32(11-12-32)33(34,35)36)29(46)38-17-22-5-8-24(9-6-22)39-31(48)43-15-13-42(4)14-16-43/h5-10,18,21H,11-17,19-20H2,1-4H3,(H,38,46)(H,39,48)/t21-/m0/s1. The summed E-state index contributed by atoms with van der Waals surface area (Å²) in [6, 6.07) is 10.2. The number of hydrogen-bond acceptors (Lipinski definition) is 7. The number of nitrogens with zero attached hydrogens (tertiary/aromatic N) is 7. The molecule has 256 valence electrons. The van der Waals surface area contributed by atoms with Crippen LogP contribution in [0.4, 0.5) is 29.5 Å². The molecular formula is C33H40F3N9O3. The third kappa shape index (κ3) is 6.42. The molecule has 3 aliphatic rings. The molecule has 3 aromatic rings. The number of alkyl halides is 3. The van der Waals surface area contributed by atoms with Crippen LogP contribution in [-0.2, 0) is 18.6 Å². The van der Waals surface area contributed by atoms with Crippen molar-refractivity contribution in [2.75, 3.05) is 64.1 Å². The Hall–Kier alpha value is -4.66. The van der Waals surface area contributed by atoms with Crippen molar-refractivity contribution >= 4 is 29.4 Å². The summed E-state index contributed by atoms with van der Waals surface area (Å²) in [5.74, 6) is -0.625. The maximum atomic E-state index is 14.3. The van der Waals surface area contributed by atoms with E-state index < -0.39 is 17.6 Å². The van der Waals surface area contributed by atoms with Gasteiger partial charge in [0.25, 0.3) is 11.8 Å². The van der Waals surface area contributed by atoms with Crippen LogP contribution in [0.2, 0.25) is 0 Å². The number of urea groups is 1. The second kappa shape index (κ2) is 12.7. The zero-order valence-electron chi connectivity index (χ0n) is 27.5. The molecule has 4 amide bonds. The van der Waals surface area contributed by atoms with E-state index in [0.717, 1.165) is 23.3 Å². The summed E-state index contributed by atoms with van der Waals surface area (Å²) in [4.78, 5) is 50.3. The highest BCUT2D eigenvalue weighted by molar-refractivity contribution is 5.95. The fraction of sp³-hybridized carbons (Fsp3) is 0.485. The minimum absolute atomic E-state index is 0.0486. The lowest BCUT2D eigenvalue weighted by Crippen LogP contribution is -2.48. The molecule has 15 heteroatoms. The van der Waals surface area contributed by atoms with E-state index in [1.807, 2.05) is 18.9 Å². The molecule has 48 heavy (non-hydrogen) atoms. The predicted octanol–water partition coefficient (Wildman–Crippen LogP) is 3.86. The molecule has 1 saturated carbocycles. The number of carbonyl (C=O) groups is 3. The second-order valence-electron chi connectivity index (χ2n) is 13.1. The number of nitrogens with one attached hydrogen (secondary N) is 2. The maximum absolute atomic E-state index is 14.3. The van der Waals surface area contributed by atoms with Gasteiger partial charge in [0.05, 0.1) is 5.56 Å². The van der Waals surface area contributed by atoms with Crippen LogP contribution in [0.3, 0.4) is 0 Å². The minimum atomic E-state index is -4.52. The van der Waals surface area contributed by atoms with E-state index in [2.05, 4.69) is 25.6 Å². The second-order valence-corrected chi connectivity index (χ2v) is 13.1. The van der Waals surface area contributed by atoms with Gasteiger partial charge < -0.3 is 30.2 Å². The highest BCUT2D eigenvalue weighted by Gasteiger charge is 2.67. The van der Waals surface area contributed by atoms with Crippen molar-refractivity contribution < 1.29 is 27.6 Å². The van der Waals surface area contributed by atoms with Crippen molar-refractivity contribution in [3.63, 3.8) is 0 Å². The maximum Gasteiger partial charge on any atom is 0.413 e. The predicted molar refractivity (Wildman–Crippen MR) is 173 cm³/mol. The van der Waals surface area contributed by atoms with Gasteiger partial charge in [-0.3, -0.25) is 14.3 Å². The van der Waals surface area contributed by atoms with E-state index in [9.17, 15) is 27.6 Å². The van der Waals surface area contributed by atoms with E-state index >= 15 is 0 Å². The molecule has 2 aliphatic heterocycles. The number of likely N-dealkylation sites (N-methyl/N-ethyl adjacent to an activating group) is 1. The molecule has 1 saturated heterocycles. The third-order valence-corrected chi connectivity index (χ3v) is 9.38. The quantitative estimate of drug-likeness (QED) is 0.393. The van der Waals surface area contributed by atoms with Gasteiger partial charge in [-0.25, -0.2) is 9.78 Å². The van der Waals surface area contributed by atoms with Gasteiger partial charge in [0.1, 0.15) is 5.82 Å². The minimum Gasteiger partial charge on any atom is -0.351 e. The number of aromatic nitrogens is 3. The van der Waals surface area contributed by atoms with E-state index in [0.29, 0.717) is 48.0 Å². The number of amides is 4. The first kappa shape index (κ1) is 33.2. The smallest absolute Gasteiger partial charge is 0.351 e. The molecule has 1 aromatic carbocycles. The van der Waals surface area contributed by atoms with Crippen LogP contribution >= 0.6 is 0 Å². The fourth-order valence-electron chi connectivity index (χ4n) is 6.36. The Labute approximate surface area is 276 Å². The first-order valence-electron chi connectivity index (χ1n) is 16.0. The number of anilines is 2. The molecule has 0 spiro atoms. The summed E-state index contributed by atoms with van der Waals surface area (Å²) < 4.78 is 44.1. The Morgan fingerprint density at radius 1 is 1.02 bits per heavy atom. The van der Waals surface area contributed by atoms with Gasteiger partial charge in [0.15, 0.2) is 11.2 Å². The Balaban J connectivity index is 1.20. The summed E-state index contributed by atoms with van der Waals surface area (Å²) >= 11 is 0. The average molecular weight is 668 g/mol. The van der Waals surface area contributed by atoms with E-state index in [-0.39, 0.29) is 49.5 Å². The molecule has 2 N–H and O–H groups in total. The van der Waals surface area contributed by atoms with Gasteiger partial charge >= 0.3 is 12.2 Å². The van der Waals surface area contributed by atoms with Crippen LogP contribution in [0.25, 0.3) is 0 Å². The molecule has 0 radical (unpaired) electrons. The highest BCUT2D eigenvalue weighted by Crippen LogP contribution is 2.56. The van der Waals surface area contributed by atoms with Crippen molar-refractivity contribution in [1.82, 2.24) is 34.8 Å². The molecule has 2 fully saturated rings. The number of rotatable bonds is 7. The van der Waals surface area contributed by atoms with Crippen LogP contribution in [-0.4, -0.2) is 107 Å². The van der Waals surface area contributed by atoms with E-state index in [1.165, 1.54) is 11.1 Å². The lowest BCUT2D eigenvalue weighted by molar-refractivity contribution is -0.183. The number of hydrogen-bond donors (Lipinski definition) is 2. The van der Waals surface area contributed by atoms with Crippen molar-refractivity contribution in [2.45, 2.75) is 50.5 Å². The van der Waals surface area contributed by atoms with Crippen LogP contribution in [0, 0.1) is 0 Å². The fourth-order valence-corrected chi connectivity index (χ4v) is 6.36. The molecule has 6 rings (SSSR count). The van der Waals surface area contributed by atoms with E-state index in [1.54, 1.807) is 55.4 Å². The molecular weight excluding hydrogens is 627 g/mol. The first-order valence-corrected chi connectivity index (χ1v) is 16.0. The van der Waals surface area contributed by atoms with Crippen LogP contribution in [0.1, 0.15) is 63.4 Å². The number of halogens is 3. The summed E-state index contributed by atoms with van der Waals surface area (Å²) in [5.41, 5.74) is 0.439. The van der Waals surface area contributed by atoms with Gasteiger partial charge in [-0.05, 0) is 49.7 Å². The lowest BCUT2D eigenvalue weighted by atomic mass is 9.95. The highest BCUT2D eigenvalue weighted by atomic mass is 19.4. The normalized spacial score (nSPS) is 19.0. The first-order chi connectivity index (χ1) is 22.8. The van der Waals surface area contributed by atoms with Crippen molar-refractivity contribution in [2.24, 2.45) is 0 Å². The van der Waals surface area contributed by atoms with Gasteiger partial charge in [-0.15, -0.1) is 0 Å². The Morgan fingerprint density at radius 2 is 1.71 bits per heavy atom. The summed E-state index contributed by atoms with van der Waals surface area (Å²) in [6.45, 7) is 5.34. The summed E-state index contributed by atoms with van der Waals surface area (Å²) in [6.07, 6.45) is -3.23. The largest absolute Gasteiger partial charge is 0.413 e. The van der Waals surface area contributed by atoms with Crippen LogP contribution in [0.5, 0.6) is 0 Å². The summed E-state index contributed by atoms with van der Waals surface area (Å²) in [7, 11) is 5.31. The third-order valence-electron chi connectivity index (χ3n) is 9.38. The molecule has 1 atom stereocenters. The molecule has 4 heterocycles. The number of carbonyl (C=O) groups excluding carboxylic acids is 3. The average Bonchev–Trinajstić information content (AvgIpc) is 3.79. The number of benzene rings is 1. The Morgan fingerprint density at radius 3 is 2.29 bits per heavy atom.